The molecule has 100 valence electrons. The van der Waals surface area contributed by atoms with Crippen molar-refractivity contribution in [2.75, 3.05) is 7.11 Å². The zero-order chi connectivity index (χ0) is 14.0. The lowest BCUT2D eigenvalue weighted by Gasteiger charge is -2.17. The third-order valence-electron chi connectivity index (χ3n) is 3.35. The van der Waals surface area contributed by atoms with E-state index in [1.165, 1.54) is 12.1 Å². The van der Waals surface area contributed by atoms with Crippen molar-refractivity contribution in [3.8, 4) is 5.75 Å². The van der Waals surface area contributed by atoms with Gasteiger partial charge in [0, 0.05) is 0 Å². The molecule has 0 aliphatic carbocycles. The van der Waals surface area contributed by atoms with Crippen LogP contribution >= 0.6 is 0 Å². The summed E-state index contributed by atoms with van der Waals surface area (Å²) in [5.74, 6) is 0.563. The summed E-state index contributed by atoms with van der Waals surface area (Å²) in [7, 11) is 1.64. The number of hydrogen-bond donors (Lipinski definition) is 1. The number of ether oxygens (including phenoxy) is 1. The van der Waals surface area contributed by atoms with Gasteiger partial charge in [0.1, 0.15) is 11.6 Å². The maximum atomic E-state index is 13.3. The Morgan fingerprint density at radius 3 is 2.42 bits per heavy atom. The summed E-state index contributed by atoms with van der Waals surface area (Å²) in [5.41, 5.74) is 10.0. The summed E-state index contributed by atoms with van der Waals surface area (Å²) in [6, 6.07) is 10.2. The first-order valence-corrected chi connectivity index (χ1v) is 6.19. The van der Waals surface area contributed by atoms with E-state index in [9.17, 15) is 4.39 Å². The third kappa shape index (κ3) is 2.76. The molecule has 1 atom stereocenters. The van der Waals surface area contributed by atoms with Crippen molar-refractivity contribution in [3.05, 3.63) is 64.5 Å². The number of halogens is 1. The largest absolute Gasteiger partial charge is 0.496 e. The minimum Gasteiger partial charge on any atom is -0.496 e. The zero-order valence-electron chi connectivity index (χ0n) is 11.4. The first-order chi connectivity index (χ1) is 9.02. The lowest BCUT2D eigenvalue weighted by atomic mass is 9.94. The van der Waals surface area contributed by atoms with Crippen molar-refractivity contribution >= 4 is 0 Å². The highest BCUT2D eigenvalue weighted by Crippen LogP contribution is 2.27. The van der Waals surface area contributed by atoms with Gasteiger partial charge in [-0.15, -0.1) is 0 Å². The van der Waals surface area contributed by atoms with Gasteiger partial charge in [-0.2, -0.15) is 0 Å². The third-order valence-corrected chi connectivity index (χ3v) is 3.35. The molecule has 0 radical (unpaired) electrons. The van der Waals surface area contributed by atoms with E-state index in [0.717, 1.165) is 28.0 Å². The van der Waals surface area contributed by atoms with Crippen LogP contribution in [0.5, 0.6) is 5.75 Å². The number of benzene rings is 2. The molecule has 0 fully saturated rings. The van der Waals surface area contributed by atoms with Gasteiger partial charge in [0.25, 0.3) is 0 Å². The van der Waals surface area contributed by atoms with Gasteiger partial charge in [-0.05, 0) is 54.3 Å². The predicted molar refractivity (Wildman–Crippen MR) is 74.9 cm³/mol. The maximum absolute atomic E-state index is 13.3. The van der Waals surface area contributed by atoms with Crippen molar-refractivity contribution in [2.24, 2.45) is 5.73 Å². The number of hydrogen-bond acceptors (Lipinski definition) is 2. The smallest absolute Gasteiger partial charge is 0.123 e. The van der Waals surface area contributed by atoms with Gasteiger partial charge in [0.2, 0.25) is 0 Å². The fourth-order valence-electron chi connectivity index (χ4n) is 2.22. The Morgan fingerprint density at radius 1 is 1.05 bits per heavy atom. The molecule has 2 aromatic rings. The van der Waals surface area contributed by atoms with Gasteiger partial charge in [-0.25, -0.2) is 4.39 Å². The van der Waals surface area contributed by atoms with E-state index < -0.39 is 0 Å². The van der Waals surface area contributed by atoms with Crippen molar-refractivity contribution in [2.45, 2.75) is 19.9 Å². The van der Waals surface area contributed by atoms with Crippen molar-refractivity contribution in [1.82, 2.24) is 0 Å². The van der Waals surface area contributed by atoms with Crippen LogP contribution in [-0.4, -0.2) is 7.11 Å². The van der Waals surface area contributed by atoms with Crippen LogP contribution in [0.3, 0.4) is 0 Å². The molecule has 0 bridgehead atoms. The molecule has 3 heteroatoms. The lowest BCUT2D eigenvalue weighted by Crippen LogP contribution is -2.13. The molecule has 0 heterocycles. The van der Waals surface area contributed by atoms with Crippen LogP contribution < -0.4 is 10.5 Å². The Labute approximate surface area is 113 Å². The van der Waals surface area contributed by atoms with E-state index in [4.69, 9.17) is 10.5 Å². The van der Waals surface area contributed by atoms with Crippen molar-refractivity contribution < 1.29 is 9.13 Å². The lowest BCUT2D eigenvalue weighted by molar-refractivity contribution is 0.411. The Balaban J connectivity index is 2.41. The topological polar surface area (TPSA) is 35.2 Å². The fourth-order valence-corrected chi connectivity index (χ4v) is 2.22. The molecule has 1 unspecified atom stereocenters. The van der Waals surface area contributed by atoms with Crippen LogP contribution in [-0.2, 0) is 0 Å². The number of aryl methyl sites for hydroxylation is 2. The van der Waals surface area contributed by atoms with Gasteiger partial charge < -0.3 is 10.5 Å². The molecule has 0 aromatic heterocycles. The van der Waals surface area contributed by atoms with Gasteiger partial charge >= 0.3 is 0 Å². The molecule has 0 saturated heterocycles. The second-order valence-corrected chi connectivity index (χ2v) is 4.71. The quantitative estimate of drug-likeness (QED) is 0.915. The summed E-state index contributed by atoms with van der Waals surface area (Å²) in [4.78, 5) is 0. The highest BCUT2D eigenvalue weighted by atomic mass is 19.1. The van der Waals surface area contributed by atoms with E-state index in [1.54, 1.807) is 13.2 Å². The van der Waals surface area contributed by atoms with Crippen molar-refractivity contribution in [3.63, 3.8) is 0 Å². The van der Waals surface area contributed by atoms with Gasteiger partial charge in [-0.1, -0.05) is 18.2 Å². The molecule has 19 heavy (non-hydrogen) atoms. The second kappa shape index (κ2) is 5.41. The van der Waals surface area contributed by atoms with E-state index in [2.05, 4.69) is 0 Å². The Morgan fingerprint density at radius 2 is 1.79 bits per heavy atom. The molecule has 0 amide bonds. The SMILES string of the molecule is COc1ccc(C(N)c2cc(F)ccc2C)cc1C. The first-order valence-electron chi connectivity index (χ1n) is 6.19. The summed E-state index contributed by atoms with van der Waals surface area (Å²) >= 11 is 0. The summed E-state index contributed by atoms with van der Waals surface area (Å²) in [6.07, 6.45) is 0. The van der Waals surface area contributed by atoms with E-state index in [0.29, 0.717) is 0 Å². The standard InChI is InChI=1S/C16H18FNO/c1-10-4-6-13(17)9-14(10)16(18)12-5-7-15(19-3)11(2)8-12/h4-9,16H,18H2,1-3H3. The van der Waals surface area contributed by atoms with Crippen LogP contribution in [0.1, 0.15) is 28.3 Å². The molecular formula is C16H18FNO. The monoisotopic (exact) mass is 259 g/mol. The summed E-state index contributed by atoms with van der Waals surface area (Å²) < 4.78 is 18.6. The number of rotatable bonds is 3. The van der Waals surface area contributed by atoms with Crippen LogP contribution in [0.2, 0.25) is 0 Å². The second-order valence-electron chi connectivity index (χ2n) is 4.71. The molecule has 2 rings (SSSR count). The minimum atomic E-state index is -0.333. The average Bonchev–Trinajstić information content (AvgIpc) is 2.40. The van der Waals surface area contributed by atoms with Crippen LogP contribution in [0, 0.1) is 19.7 Å². The average molecular weight is 259 g/mol. The van der Waals surface area contributed by atoms with E-state index in [-0.39, 0.29) is 11.9 Å². The molecule has 0 aliphatic heterocycles. The molecular weight excluding hydrogens is 241 g/mol. The normalized spacial score (nSPS) is 12.3. The Kier molecular flexibility index (Phi) is 3.86. The molecule has 0 spiro atoms. The van der Waals surface area contributed by atoms with Crippen LogP contribution in [0.25, 0.3) is 0 Å². The minimum absolute atomic E-state index is 0.263. The van der Waals surface area contributed by atoms with E-state index >= 15 is 0 Å². The number of nitrogens with two attached hydrogens (primary N) is 1. The highest BCUT2D eigenvalue weighted by Gasteiger charge is 2.13. The zero-order valence-corrected chi connectivity index (χ0v) is 11.4. The Bertz CT molecular complexity index is 595. The summed E-state index contributed by atoms with van der Waals surface area (Å²) in [5, 5.41) is 0. The van der Waals surface area contributed by atoms with Gasteiger partial charge in [-0.3, -0.25) is 0 Å². The maximum Gasteiger partial charge on any atom is 0.123 e. The first kappa shape index (κ1) is 13.6. The number of methoxy groups -OCH3 is 1. The summed E-state index contributed by atoms with van der Waals surface area (Å²) in [6.45, 7) is 3.90. The molecule has 0 aliphatic rings. The molecule has 0 saturated carbocycles. The Hall–Kier alpha value is -1.87. The highest BCUT2D eigenvalue weighted by molar-refractivity contribution is 5.42. The van der Waals surface area contributed by atoms with Crippen molar-refractivity contribution in [1.29, 1.82) is 0 Å². The fraction of sp³-hybridized carbons (Fsp3) is 0.250. The predicted octanol–water partition coefficient (Wildman–Crippen LogP) is 3.50. The van der Waals surface area contributed by atoms with Crippen LogP contribution in [0.4, 0.5) is 4.39 Å². The molecule has 2 N–H and O–H groups in total. The molecule has 2 nitrogen and oxygen atoms in total. The van der Waals surface area contributed by atoms with Gasteiger partial charge in [0.05, 0.1) is 13.2 Å². The van der Waals surface area contributed by atoms with Crippen LogP contribution in [0.15, 0.2) is 36.4 Å². The van der Waals surface area contributed by atoms with Gasteiger partial charge in [0.15, 0.2) is 0 Å². The molecule has 2 aromatic carbocycles. The van der Waals surface area contributed by atoms with E-state index in [1.807, 2.05) is 32.0 Å².